The Morgan fingerprint density at radius 3 is 2.84 bits per heavy atom. The molecule has 1 aromatic heterocycles. The highest BCUT2D eigenvalue weighted by Crippen LogP contribution is 2.34. The van der Waals surface area contributed by atoms with Crippen LogP contribution in [-0.2, 0) is 0 Å². The van der Waals surface area contributed by atoms with Crippen LogP contribution in [0.2, 0.25) is 0 Å². The van der Waals surface area contributed by atoms with Gasteiger partial charge in [0.15, 0.2) is 17.6 Å². The van der Waals surface area contributed by atoms with Crippen LogP contribution in [0.1, 0.15) is 16.5 Å². The summed E-state index contributed by atoms with van der Waals surface area (Å²) in [6, 6.07) is 9.74. The Labute approximate surface area is 116 Å². The number of ether oxygens (including phenoxy) is 2. The van der Waals surface area contributed by atoms with Crippen LogP contribution in [0.25, 0.3) is 0 Å². The molecule has 0 saturated carbocycles. The van der Waals surface area contributed by atoms with Crippen LogP contribution < -0.4 is 20.7 Å². The maximum atomic E-state index is 5.99. The topological polar surface area (TPSA) is 56.5 Å². The van der Waals surface area contributed by atoms with Crippen LogP contribution in [0.3, 0.4) is 0 Å². The number of hydrogen-bond donors (Lipinski definition) is 2. The fourth-order valence-corrected chi connectivity index (χ4v) is 2.99. The van der Waals surface area contributed by atoms with E-state index >= 15 is 0 Å². The maximum Gasteiger partial charge on any atom is 0.161 e. The third kappa shape index (κ3) is 2.45. The van der Waals surface area contributed by atoms with Gasteiger partial charge in [0.1, 0.15) is 6.61 Å². The van der Waals surface area contributed by atoms with Gasteiger partial charge in [-0.2, -0.15) is 0 Å². The van der Waals surface area contributed by atoms with Crippen LogP contribution in [-0.4, -0.2) is 12.7 Å². The van der Waals surface area contributed by atoms with E-state index in [-0.39, 0.29) is 12.1 Å². The lowest BCUT2D eigenvalue weighted by atomic mass is 10.0. The van der Waals surface area contributed by atoms with Crippen molar-refractivity contribution in [3.8, 4) is 11.5 Å². The van der Waals surface area contributed by atoms with Gasteiger partial charge in [0.2, 0.25) is 0 Å². The van der Waals surface area contributed by atoms with Gasteiger partial charge in [-0.1, -0.05) is 12.1 Å². The van der Waals surface area contributed by atoms with Gasteiger partial charge in [0.05, 0.1) is 6.04 Å². The van der Waals surface area contributed by atoms with Crippen molar-refractivity contribution in [2.75, 3.05) is 6.61 Å². The molecule has 3 rings (SSSR count). The number of hydrazine groups is 1. The molecule has 0 radical (unpaired) electrons. The summed E-state index contributed by atoms with van der Waals surface area (Å²) in [5.41, 5.74) is 3.97. The Bertz CT molecular complexity index is 570. The van der Waals surface area contributed by atoms with Gasteiger partial charge < -0.3 is 9.47 Å². The van der Waals surface area contributed by atoms with E-state index in [0.717, 1.165) is 17.1 Å². The number of para-hydroxylation sites is 2. The molecule has 0 amide bonds. The molecule has 4 nitrogen and oxygen atoms in total. The number of fused-ring (bicyclic) bond motifs is 1. The number of nitrogens with one attached hydrogen (secondary N) is 1. The van der Waals surface area contributed by atoms with Crippen LogP contribution in [0.5, 0.6) is 11.5 Å². The minimum absolute atomic E-state index is 0.0710. The van der Waals surface area contributed by atoms with E-state index < -0.39 is 0 Å². The van der Waals surface area contributed by atoms with E-state index in [9.17, 15) is 0 Å². The molecule has 2 unspecified atom stereocenters. The van der Waals surface area contributed by atoms with Crippen molar-refractivity contribution in [3.05, 3.63) is 46.2 Å². The van der Waals surface area contributed by atoms with E-state index in [2.05, 4.69) is 23.8 Å². The maximum absolute atomic E-state index is 5.99. The average Bonchev–Trinajstić information content (AvgIpc) is 2.86. The Morgan fingerprint density at radius 2 is 2.16 bits per heavy atom. The summed E-state index contributed by atoms with van der Waals surface area (Å²) in [6.45, 7) is 2.57. The first-order valence-corrected chi connectivity index (χ1v) is 7.05. The average molecular weight is 276 g/mol. The number of rotatable bonds is 3. The highest BCUT2D eigenvalue weighted by molar-refractivity contribution is 7.10. The molecule has 0 spiro atoms. The largest absolute Gasteiger partial charge is 0.486 e. The van der Waals surface area contributed by atoms with E-state index in [1.165, 1.54) is 4.88 Å². The van der Waals surface area contributed by atoms with Crippen molar-refractivity contribution in [2.24, 2.45) is 5.84 Å². The normalized spacial score (nSPS) is 19.2. The molecule has 5 heteroatoms. The molecule has 100 valence electrons. The fourth-order valence-electron chi connectivity index (χ4n) is 2.25. The number of aryl methyl sites for hydroxylation is 1. The first-order chi connectivity index (χ1) is 9.28. The highest BCUT2D eigenvalue weighted by atomic mass is 32.1. The number of benzene rings is 1. The predicted molar refractivity (Wildman–Crippen MR) is 75.5 cm³/mol. The van der Waals surface area contributed by atoms with Gasteiger partial charge in [0, 0.05) is 4.88 Å². The lowest BCUT2D eigenvalue weighted by molar-refractivity contribution is 0.0618. The Hall–Kier alpha value is -1.56. The first kappa shape index (κ1) is 12.5. The molecule has 19 heavy (non-hydrogen) atoms. The molecule has 0 saturated heterocycles. The fraction of sp³-hybridized carbons (Fsp3) is 0.286. The smallest absolute Gasteiger partial charge is 0.161 e. The lowest BCUT2D eigenvalue weighted by Crippen LogP contribution is -2.44. The minimum Gasteiger partial charge on any atom is -0.486 e. The summed E-state index contributed by atoms with van der Waals surface area (Å²) in [5, 5.41) is 2.10. The summed E-state index contributed by atoms with van der Waals surface area (Å²) in [6.07, 6.45) is -0.131. The molecule has 2 heterocycles. The van der Waals surface area contributed by atoms with Gasteiger partial charge in [-0.15, -0.1) is 11.3 Å². The van der Waals surface area contributed by atoms with Gasteiger partial charge in [-0.3, -0.25) is 5.84 Å². The third-order valence-electron chi connectivity index (χ3n) is 3.19. The second kappa shape index (κ2) is 5.21. The zero-order valence-corrected chi connectivity index (χ0v) is 11.4. The molecule has 2 atom stereocenters. The van der Waals surface area contributed by atoms with E-state index in [1.807, 2.05) is 24.3 Å². The van der Waals surface area contributed by atoms with Crippen LogP contribution in [0.15, 0.2) is 35.7 Å². The predicted octanol–water partition coefficient (Wildman–Crippen LogP) is 2.40. The quantitative estimate of drug-likeness (QED) is 0.667. The molecule has 1 aliphatic heterocycles. The van der Waals surface area contributed by atoms with Crippen molar-refractivity contribution in [3.63, 3.8) is 0 Å². The summed E-state index contributed by atoms with van der Waals surface area (Å²) in [4.78, 5) is 1.26. The summed E-state index contributed by atoms with van der Waals surface area (Å²) >= 11 is 1.71. The Kier molecular flexibility index (Phi) is 3.42. The number of hydrogen-bond acceptors (Lipinski definition) is 5. The second-order valence-corrected chi connectivity index (χ2v) is 5.66. The molecular weight excluding hydrogens is 260 g/mol. The first-order valence-electron chi connectivity index (χ1n) is 6.17. The van der Waals surface area contributed by atoms with Crippen molar-refractivity contribution in [1.29, 1.82) is 0 Å². The Balaban J connectivity index is 1.83. The molecule has 2 aromatic rings. The lowest BCUT2D eigenvalue weighted by Gasteiger charge is -2.31. The number of nitrogens with two attached hydrogens (primary N) is 1. The molecule has 3 N–H and O–H groups in total. The third-order valence-corrected chi connectivity index (χ3v) is 4.07. The summed E-state index contributed by atoms with van der Waals surface area (Å²) in [5.74, 6) is 7.24. The van der Waals surface area contributed by atoms with Gasteiger partial charge in [0.25, 0.3) is 0 Å². The summed E-state index contributed by atoms with van der Waals surface area (Å²) < 4.78 is 11.7. The monoisotopic (exact) mass is 276 g/mol. The molecule has 1 aliphatic rings. The number of thiophene rings is 1. The Morgan fingerprint density at radius 1 is 1.37 bits per heavy atom. The minimum atomic E-state index is -0.131. The van der Waals surface area contributed by atoms with Gasteiger partial charge in [-0.05, 0) is 36.1 Å². The van der Waals surface area contributed by atoms with Crippen LogP contribution in [0.4, 0.5) is 0 Å². The standard InChI is InChI=1S/C14H16N2O2S/c1-9-6-10(8-19-9)14(16-15)13-7-17-11-4-2-3-5-12(11)18-13/h2-6,8,13-14,16H,7,15H2,1H3. The van der Waals surface area contributed by atoms with E-state index in [0.29, 0.717) is 6.61 Å². The van der Waals surface area contributed by atoms with E-state index in [4.69, 9.17) is 15.3 Å². The zero-order valence-electron chi connectivity index (χ0n) is 10.6. The van der Waals surface area contributed by atoms with E-state index in [1.54, 1.807) is 11.3 Å². The van der Waals surface area contributed by atoms with Crippen LogP contribution in [0, 0.1) is 6.92 Å². The van der Waals surface area contributed by atoms with Crippen molar-refractivity contribution in [2.45, 2.75) is 19.1 Å². The van der Waals surface area contributed by atoms with Gasteiger partial charge in [-0.25, -0.2) is 5.43 Å². The van der Waals surface area contributed by atoms with Crippen LogP contribution >= 0.6 is 11.3 Å². The molecule has 0 fully saturated rings. The van der Waals surface area contributed by atoms with Crippen molar-refractivity contribution in [1.82, 2.24) is 5.43 Å². The zero-order chi connectivity index (χ0) is 13.2. The summed E-state index contributed by atoms with van der Waals surface area (Å²) in [7, 11) is 0. The highest BCUT2D eigenvalue weighted by Gasteiger charge is 2.29. The molecule has 0 bridgehead atoms. The second-order valence-electron chi connectivity index (χ2n) is 4.55. The van der Waals surface area contributed by atoms with Gasteiger partial charge >= 0.3 is 0 Å². The SMILES string of the molecule is Cc1cc(C(NN)C2COc3ccccc3O2)cs1. The molecule has 0 aliphatic carbocycles. The van der Waals surface area contributed by atoms with Crippen molar-refractivity contribution < 1.29 is 9.47 Å². The molecular formula is C14H16N2O2S. The van der Waals surface area contributed by atoms with Crippen molar-refractivity contribution >= 4 is 11.3 Å². The molecule has 1 aromatic carbocycles.